The van der Waals surface area contributed by atoms with Gasteiger partial charge in [-0.1, -0.05) is 13.0 Å². The lowest BCUT2D eigenvalue weighted by Gasteiger charge is -2.35. The first-order valence-electron chi connectivity index (χ1n) is 8.98. The summed E-state index contributed by atoms with van der Waals surface area (Å²) in [6.45, 7) is 7.06. The Bertz CT molecular complexity index is 799. The van der Waals surface area contributed by atoms with E-state index in [1.807, 2.05) is 6.92 Å². The lowest BCUT2D eigenvalue weighted by Crippen LogP contribution is -2.46. The van der Waals surface area contributed by atoms with Crippen molar-refractivity contribution in [1.29, 1.82) is 0 Å². The molecule has 1 aromatic rings. The van der Waals surface area contributed by atoms with Crippen LogP contribution in [0.5, 0.6) is 0 Å². The molecular weight excluding hydrogens is 366 g/mol. The molecule has 1 aliphatic rings. The smallest absolute Gasteiger partial charge is 0.408 e. The number of alkyl carbamates (subject to hydrolysis) is 1. The highest BCUT2D eigenvalue weighted by Crippen LogP contribution is 2.39. The van der Waals surface area contributed by atoms with Crippen LogP contribution in [0.1, 0.15) is 46.1 Å². The molecule has 1 aromatic heterocycles. The van der Waals surface area contributed by atoms with Crippen LogP contribution < -0.4 is 5.32 Å². The molecule has 0 saturated heterocycles. The Labute approximate surface area is 162 Å². The van der Waals surface area contributed by atoms with Gasteiger partial charge in [0.2, 0.25) is 0 Å². The van der Waals surface area contributed by atoms with E-state index in [1.54, 1.807) is 32.9 Å². The van der Waals surface area contributed by atoms with Gasteiger partial charge in [0.1, 0.15) is 11.8 Å². The minimum Gasteiger partial charge on any atom is -0.481 e. The normalized spacial score (nSPS) is 22.1. The number of nitrogens with one attached hydrogen (secondary N) is 1. The van der Waals surface area contributed by atoms with Crippen LogP contribution in [0.2, 0.25) is 0 Å². The van der Waals surface area contributed by atoms with Gasteiger partial charge in [0.15, 0.2) is 0 Å². The molecule has 0 bridgehead atoms. The maximum Gasteiger partial charge on any atom is 0.408 e. The number of hydrogen-bond donors (Lipinski definition) is 2. The van der Waals surface area contributed by atoms with Gasteiger partial charge in [-0.3, -0.25) is 19.9 Å². The van der Waals surface area contributed by atoms with Gasteiger partial charge in [0.25, 0.3) is 5.69 Å². The van der Waals surface area contributed by atoms with Gasteiger partial charge in [-0.15, -0.1) is 0 Å². The van der Waals surface area contributed by atoms with Crippen LogP contribution in [0.4, 0.5) is 10.5 Å². The minimum absolute atomic E-state index is 0.121. The lowest BCUT2D eigenvalue weighted by molar-refractivity contribution is -0.385. The summed E-state index contributed by atoms with van der Waals surface area (Å²) < 4.78 is 5.29. The molecule has 0 radical (unpaired) electrons. The number of carbonyl (C=O) groups excluding carboxylic acids is 1. The number of ether oxygens (including phenoxy) is 1. The fraction of sp³-hybridized carbons (Fsp3) is 0.526. The van der Waals surface area contributed by atoms with Crippen molar-refractivity contribution in [3.63, 3.8) is 0 Å². The summed E-state index contributed by atoms with van der Waals surface area (Å²) in [5, 5.41) is 23.3. The van der Waals surface area contributed by atoms with E-state index in [1.165, 1.54) is 12.4 Å². The zero-order valence-electron chi connectivity index (χ0n) is 16.3. The van der Waals surface area contributed by atoms with Crippen LogP contribution in [0, 0.1) is 22.0 Å². The highest BCUT2D eigenvalue weighted by molar-refractivity contribution is 5.76. The molecule has 1 heterocycles. The van der Waals surface area contributed by atoms with Crippen LogP contribution in [-0.4, -0.2) is 38.7 Å². The lowest BCUT2D eigenvalue weighted by atomic mass is 9.74. The molecule has 9 heteroatoms. The average molecular weight is 391 g/mol. The van der Waals surface area contributed by atoms with Gasteiger partial charge in [0, 0.05) is 6.20 Å². The fourth-order valence-corrected chi connectivity index (χ4v) is 3.39. The maximum absolute atomic E-state index is 12.3. The molecule has 2 N–H and O–H groups in total. The third-order valence-electron chi connectivity index (χ3n) is 4.55. The molecular formula is C19H25N3O6. The quantitative estimate of drug-likeness (QED) is 0.581. The molecule has 1 amide bonds. The number of hydrogen-bond acceptors (Lipinski definition) is 6. The standard InChI is InChI=1S/C19H25N3O6/c1-11-7-12(13-5-6-20-10-16(13)22(26)27)8-15(14(11)9-17(23)24)21-18(25)28-19(2,3)4/h5-6,8,10-11,14-15H,7,9H2,1-4H3,(H,21,25)(H,23,24). The minimum atomic E-state index is -0.973. The molecule has 3 atom stereocenters. The molecule has 1 aliphatic carbocycles. The summed E-state index contributed by atoms with van der Waals surface area (Å²) in [5.74, 6) is -1.46. The van der Waals surface area contributed by atoms with Gasteiger partial charge in [-0.2, -0.15) is 0 Å². The van der Waals surface area contributed by atoms with Crippen LogP contribution in [0.3, 0.4) is 0 Å². The van der Waals surface area contributed by atoms with E-state index < -0.39 is 28.6 Å². The summed E-state index contributed by atoms with van der Waals surface area (Å²) in [6, 6.07) is 0.927. The monoisotopic (exact) mass is 391 g/mol. The van der Waals surface area contributed by atoms with Crippen molar-refractivity contribution in [2.45, 2.75) is 52.2 Å². The third kappa shape index (κ3) is 5.51. The van der Waals surface area contributed by atoms with E-state index >= 15 is 0 Å². The number of aromatic nitrogens is 1. The summed E-state index contributed by atoms with van der Waals surface area (Å²) in [7, 11) is 0. The number of aliphatic carboxylic acids is 1. The first-order chi connectivity index (χ1) is 13.0. The summed E-state index contributed by atoms with van der Waals surface area (Å²) in [4.78, 5) is 38.2. The van der Waals surface area contributed by atoms with E-state index in [4.69, 9.17) is 4.74 Å². The summed E-state index contributed by atoms with van der Waals surface area (Å²) >= 11 is 0. The predicted octanol–water partition coefficient (Wildman–Crippen LogP) is 3.40. The fourth-order valence-electron chi connectivity index (χ4n) is 3.39. The van der Waals surface area contributed by atoms with Gasteiger partial charge < -0.3 is 15.2 Å². The molecule has 9 nitrogen and oxygen atoms in total. The van der Waals surface area contributed by atoms with Crippen LogP contribution in [-0.2, 0) is 9.53 Å². The van der Waals surface area contributed by atoms with E-state index in [2.05, 4.69) is 10.3 Å². The Kier molecular flexibility index (Phi) is 6.37. The van der Waals surface area contributed by atoms with Crippen molar-refractivity contribution in [3.8, 4) is 0 Å². The maximum atomic E-state index is 12.3. The second-order valence-corrected chi connectivity index (χ2v) is 7.96. The number of nitrogens with zero attached hydrogens (tertiary/aromatic N) is 2. The molecule has 0 aliphatic heterocycles. The highest BCUT2D eigenvalue weighted by atomic mass is 16.6. The van der Waals surface area contributed by atoms with Gasteiger partial charge >= 0.3 is 12.1 Å². The van der Waals surface area contributed by atoms with E-state index in [-0.39, 0.29) is 23.9 Å². The Morgan fingerprint density at radius 1 is 1.43 bits per heavy atom. The largest absolute Gasteiger partial charge is 0.481 e. The molecule has 0 fully saturated rings. The molecule has 0 aromatic carbocycles. The van der Waals surface area contributed by atoms with Crippen molar-refractivity contribution < 1.29 is 24.4 Å². The molecule has 28 heavy (non-hydrogen) atoms. The number of carboxylic acids is 1. The molecule has 3 unspecified atom stereocenters. The van der Waals surface area contributed by atoms with Crippen molar-refractivity contribution >= 4 is 23.3 Å². The van der Waals surface area contributed by atoms with E-state index in [0.29, 0.717) is 17.6 Å². The van der Waals surface area contributed by atoms with Gasteiger partial charge in [0.05, 0.1) is 22.9 Å². The number of carboxylic acid groups (broad SMARTS) is 1. The van der Waals surface area contributed by atoms with E-state index in [0.717, 1.165) is 0 Å². The first-order valence-corrected chi connectivity index (χ1v) is 8.98. The number of allylic oxidation sites excluding steroid dienone is 1. The Morgan fingerprint density at radius 2 is 2.11 bits per heavy atom. The van der Waals surface area contributed by atoms with Gasteiger partial charge in [-0.25, -0.2) is 4.79 Å². The SMILES string of the molecule is CC1CC(c2ccncc2[N+](=O)[O-])=CC(NC(=O)OC(C)(C)C)C1CC(=O)O. The second-order valence-electron chi connectivity index (χ2n) is 7.96. The number of nitro groups is 1. The molecule has 2 rings (SSSR count). The number of amides is 1. The van der Waals surface area contributed by atoms with Crippen LogP contribution >= 0.6 is 0 Å². The van der Waals surface area contributed by atoms with Crippen molar-refractivity contribution in [3.05, 3.63) is 40.2 Å². The number of carbonyl (C=O) groups is 2. The van der Waals surface area contributed by atoms with Crippen molar-refractivity contribution in [2.75, 3.05) is 0 Å². The Morgan fingerprint density at radius 3 is 2.68 bits per heavy atom. The van der Waals surface area contributed by atoms with Crippen LogP contribution in [0.15, 0.2) is 24.5 Å². The third-order valence-corrected chi connectivity index (χ3v) is 4.55. The summed E-state index contributed by atoms with van der Waals surface area (Å²) in [6.07, 6.45) is 3.99. The Balaban J connectivity index is 2.40. The second kappa shape index (κ2) is 8.37. The van der Waals surface area contributed by atoms with Crippen molar-refractivity contribution in [1.82, 2.24) is 10.3 Å². The van der Waals surface area contributed by atoms with Crippen molar-refractivity contribution in [2.24, 2.45) is 11.8 Å². The van der Waals surface area contributed by atoms with E-state index in [9.17, 15) is 24.8 Å². The zero-order chi connectivity index (χ0) is 21.1. The molecule has 0 spiro atoms. The van der Waals surface area contributed by atoms with Gasteiger partial charge in [-0.05, 0) is 50.7 Å². The predicted molar refractivity (Wildman–Crippen MR) is 102 cm³/mol. The highest BCUT2D eigenvalue weighted by Gasteiger charge is 2.35. The Hall–Kier alpha value is -2.97. The summed E-state index contributed by atoms with van der Waals surface area (Å²) in [5.41, 5.74) is 0.248. The first kappa shape index (κ1) is 21.3. The molecule has 152 valence electrons. The topological polar surface area (TPSA) is 132 Å². The molecule has 0 saturated carbocycles. The number of pyridine rings is 1. The average Bonchev–Trinajstić information content (AvgIpc) is 2.55. The van der Waals surface area contributed by atoms with Crippen LogP contribution in [0.25, 0.3) is 5.57 Å². The zero-order valence-corrected chi connectivity index (χ0v) is 16.3. The number of rotatable bonds is 5.